The van der Waals surface area contributed by atoms with Crippen molar-refractivity contribution in [3.63, 3.8) is 0 Å². The first-order valence-corrected chi connectivity index (χ1v) is 8.87. The minimum atomic E-state index is -0.370. The van der Waals surface area contributed by atoms with Gasteiger partial charge in [-0.25, -0.2) is 9.59 Å². The summed E-state index contributed by atoms with van der Waals surface area (Å²) >= 11 is 0. The highest BCUT2D eigenvalue weighted by Gasteiger charge is 2.32. The Morgan fingerprint density at radius 3 is 2.36 bits per heavy atom. The van der Waals surface area contributed by atoms with Crippen LogP contribution in [-0.4, -0.2) is 49.3 Å². The number of urea groups is 1. The molecule has 1 fully saturated rings. The van der Waals surface area contributed by atoms with E-state index in [0.717, 1.165) is 5.69 Å². The molecule has 1 heterocycles. The van der Waals surface area contributed by atoms with Crippen LogP contribution in [-0.2, 0) is 10.2 Å². The van der Waals surface area contributed by atoms with Gasteiger partial charge in [0.15, 0.2) is 0 Å². The van der Waals surface area contributed by atoms with Gasteiger partial charge in [-0.3, -0.25) is 4.90 Å². The van der Waals surface area contributed by atoms with Crippen molar-refractivity contribution >= 4 is 17.8 Å². The van der Waals surface area contributed by atoms with E-state index in [9.17, 15) is 9.59 Å². The average Bonchev–Trinajstić information content (AvgIpc) is 2.94. The zero-order valence-electron chi connectivity index (χ0n) is 15.8. The predicted octanol–water partition coefficient (Wildman–Crippen LogP) is 3.36. The minimum absolute atomic E-state index is 0.0707. The van der Waals surface area contributed by atoms with Crippen LogP contribution in [0.25, 0.3) is 0 Å². The van der Waals surface area contributed by atoms with Crippen molar-refractivity contribution in [3.8, 4) is 0 Å². The van der Waals surface area contributed by atoms with Crippen molar-refractivity contribution in [2.24, 2.45) is 0 Å². The summed E-state index contributed by atoms with van der Waals surface area (Å²) in [5.41, 5.74) is 2.10. The summed E-state index contributed by atoms with van der Waals surface area (Å²) < 4.78 is 5.38. The second-order valence-electron chi connectivity index (χ2n) is 7.27. The molecule has 2 rings (SSSR count). The minimum Gasteiger partial charge on any atom is -0.442 e. The number of amides is 3. The lowest BCUT2D eigenvalue weighted by Gasteiger charge is -2.21. The molecule has 1 aromatic rings. The Hall–Kier alpha value is -2.24. The van der Waals surface area contributed by atoms with E-state index in [4.69, 9.17) is 4.74 Å². The summed E-state index contributed by atoms with van der Waals surface area (Å²) in [6.45, 7) is 12.4. The maximum absolute atomic E-state index is 12.1. The van der Waals surface area contributed by atoms with Crippen molar-refractivity contribution in [2.75, 3.05) is 31.1 Å². The molecule has 0 saturated carbocycles. The molecule has 0 aromatic heterocycles. The second kappa shape index (κ2) is 7.76. The molecule has 0 aliphatic carbocycles. The molecule has 1 saturated heterocycles. The Morgan fingerprint density at radius 1 is 1.24 bits per heavy atom. The maximum Gasteiger partial charge on any atom is 0.414 e. The van der Waals surface area contributed by atoms with Gasteiger partial charge in [0.1, 0.15) is 6.10 Å². The number of cyclic esters (lactones) is 1. The number of benzene rings is 1. The lowest BCUT2D eigenvalue weighted by molar-refractivity contribution is 0.138. The first-order valence-electron chi connectivity index (χ1n) is 8.87. The number of hydrogen-bond acceptors (Lipinski definition) is 3. The summed E-state index contributed by atoms with van der Waals surface area (Å²) in [6.07, 6.45) is -0.708. The first-order chi connectivity index (χ1) is 11.8. The quantitative estimate of drug-likeness (QED) is 0.888. The predicted molar refractivity (Wildman–Crippen MR) is 99.1 cm³/mol. The third kappa shape index (κ3) is 4.65. The Bertz CT molecular complexity index is 603. The van der Waals surface area contributed by atoms with Crippen LogP contribution in [0, 0.1) is 0 Å². The fourth-order valence-electron chi connectivity index (χ4n) is 2.80. The smallest absolute Gasteiger partial charge is 0.414 e. The van der Waals surface area contributed by atoms with E-state index in [1.54, 1.807) is 9.80 Å². The molecule has 0 spiro atoms. The number of anilines is 1. The molecule has 0 radical (unpaired) electrons. The van der Waals surface area contributed by atoms with Gasteiger partial charge in [0.2, 0.25) is 0 Å². The van der Waals surface area contributed by atoms with Gasteiger partial charge in [0.25, 0.3) is 0 Å². The van der Waals surface area contributed by atoms with Crippen LogP contribution in [0.2, 0.25) is 0 Å². The molecule has 6 heteroatoms. The monoisotopic (exact) mass is 347 g/mol. The number of carbonyl (C=O) groups is 2. The molecule has 1 unspecified atom stereocenters. The summed E-state index contributed by atoms with van der Waals surface area (Å²) in [6, 6.07) is 7.84. The molecule has 3 amide bonds. The van der Waals surface area contributed by atoms with E-state index in [2.05, 4.69) is 26.1 Å². The highest BCUT2D eigenvalue weighted by atomic mass is 16.6. The van der Waals surface area contributed by atoms with Crippen molar-refractivity contribution in [1.29, 1.82) is 0 Å². The number of nitrogens with one attached hydrogen (secondary N) is 1. The van der Waals surface area contributed by atoms with E-state index in [1.165, 1.54) is 5.56 Å². The largest absolute Gasteiger partial charge is 0.442 e. The molecule has 25 heavy (non-hydrogen) atoms. The number of hydrogen-bond donors (Lipinski definition) is 1. The first kappa shape index (κ1) is 19.1. The highest BCUT2D eigenvalue weighted by molar-refractivity contribution is 5.89. The van der Waals surface area contributed by atoms with Gasteiger partial charge in [-0.15, -0.1) is 0 Å². The Kier molecular flexibility index (Phi) is 5.93. The van der Waals surface area contributed by atoms with E-state index in [0.29, 0.717) is 26.2 Å². The zero-order chi connectivity index (χ0) is 18.6. The third-order valence-electron chi connectivity index (χ3n) is 4.45. The molecule has 1 aliphatic rings. The normalized spacial score (nSPS) is 17.4. The van der Waals surface area contributed by atoms with E-state index < -0.39 is 0 Å². The van der Waals surface area contributed by atoms with Gasteiger partial charge < -0.3 is 15.0 Å². The summed E-state index contributed by atoms with van der Waals surface area (Å²) in [7, 11) is 0. The van der Waals surface area contributed by atoms with Crippen LogP contribution >= 0.6 is 0 Å². The molecule has 1 aromatic carbocycles. The molecule has 6 nitrogen and oxygen atoms in total. The van der Waals surface area contributed by atoms with Crippen molar-refractivity contribution in [1.82, 2.24) is 10.2 Å². The Labute approximate surface area is 150 Å². The number of rotatable bonds is 5. The number of nitrogens with zero attached hydrogens (tertiary/aromatic N) is 2. The van der Waals surface area contributed by atoms with Crippen LogP contribution in [0.15, 0.2) is 24.3 Å². The summed E-state index contributed by atoms with van der Waals surface area (Å²) in [5, 5.41) is 2.83. The van der Waals surface area contributed by atoms with Crippen molar-refractivity contribution in [2.45, 2.75) is 46.1 Å². The topological polar surface area (TPSA) is 61.9 Å². The van der Waals surface area contributed by atoms with E-state index in [1.807, 2.05) is 38.1 Å². The van der Waals surface area contributed by atoms with Gasteiger partial charge in [0, 0.05) is 18.8 Å². The molecule has 1 N–H and O–H groups in total. The van der Waals surface area contributed by atoms with Crippen molar-refractivity contribution < 1.29 is 14.3 Å². The number of carbonyl (C=O) groups excluding carboxylic acids is 2. The number of ether oxygens (including phenoxy) is 1. The standard InChI is InChI=1S/C19H29N3O3/c1-6-21(7-2)17(23)20-12-16-13-22(18(24)25-16)15-10-8-14(9-11-15)19(3,4)5/h8-11,16H,6-7,12-13H2,1-5H3,(H,20,23). The molecule has 1 aliphatic heterocycles. The van der Waals surface area contributed by atoms with Gasteiger partial charge >= 0.3 is 12.1 Å². The average molecular weight is 347 g/mol. The zero-order valence-corrected chi connectivity index (χ0v) is 15.8. The highest BCUT2D eigenvalue weighted by Crippen LogP contribution is 2.27. The summed E-state index contributed by atoms with van der Waals surface area (Å²) in [5.74, 6) is 0. The van der Waals surface area contributed by atoms with Crippen LogP contribution in [0.1, 0.15) is 40.2 Å². The lowest BCUT2D eigenvalue weighted by Crippen LogP contribution is -2.43. The molecular formula is C19H29N3O3. The van der Waals surface area contributed by atoms with E-state index >= 15 is 0 Å². The van der Waals surface area contributed by atoms with Crippen LogP contribution in [0.5, 0.6) is 0 Å². The van der Waals surface area contributed by atoms with Crippen LogP contribution < -0.4 is 10.2 Å². The fraction of sp³-hybridized carbons (Fsp3) is 0.579. The summed E-state index contributed by atoms with van der Waals surface area (Å²) in [4.78, 5) is 27.4. The Morgan fingerprint density at radius 2 is 1.84 bits per heavy atom. The molecule has 138 valence electrons. The fourth-order valence-corrected chi connectivity index (χ4v) is 2.80. The molecule has 0 bridgehead atoms. The molecular weight excluding hydrogens is 318 g/mol. The third-order valence-corrected chi connectivity index (χ3v) is 4.45. The van der Waals surface area contributed by atoms with Gasteiger partial charge in [-0.2, -0.15) is 0 Å². The van der Waals surface area contributed by atoms with Crippen LogP contribution in [0.4, 0.5) is 15.3 Å². The van der Waals surface area contributed by atoms with Gasteiger partial charge in [0.05, 0.1) is 13.1 Å². The van der Waals surface area contributed by atoms with Crippen LogP contribution in [0.3, 0.4) is 0 Å². The lowest BCUT2D eigenvalue weighted by atomic mass is 9.87. The van der Waals surface area contributed by atoms with Gasteiger partial charge in [-0.05, 0) is 37.0 Å². The maximum atomic E-state index is 12.1. The van der Waals surface area contributed by atoms with Crippen molar-refractivity contribution in [3.05, 3.63) is 29.8 Å². The Balaban J connectivity index is 1.95. The molecule has 1 atom stereocenters. The SMILES string of the molecule is CCN(CC)C(=O)NCC1CN(c2ccc(C(C)(C)C)cc2)C(=O)O1. The second-order valence-corrected chi connectivity index (χ2v) is 7.27. The van der Waals surface area contributed by atoms with Gasteiger partial charge in [-0.1, -0.05) is 32.9 Å². The van der Waals surface area contributed by atoms with E-state index in [-0.39, 0.29) is 23.6 Å².